The van der Waals surface area contributed by atoms with E-state index >= 15 is 0 Å². The molecule has 0 aliphatic rings. The van der Waals surface area contributed by atoms with Gasteiger partial charge in [-0.3, -0.25) is 28.8 Å². The van der Waals surface area contributed by atoms with Crippen molar-refractivity contribution >= 4 is 41.5 Å². The molecule has 0 heterocycles. The summed E-state index contributed by atoms with van der Waals surface area (Å²) in [5.41, 5.74) is 5.35. The zero-order valence-corrected chi connectivity index (χ0v) is 21.1. The topological polar surface area (TPSA) is 266 Å². The van der Waals surface area contributed by atoms with Crippen molar-refractivity contribution in [3.05, 3.63) is 0 Å². The molecule has 210 valence electrons. The van der Waals surface area contributed by atoms with E-state index in [1.54, 1.807) is 13.8 Å². The SMILES string of the molecule is CC(C)C[C@H](NC(=O)[C@@H](NC(=O)CNC(=O)CNC(=O)[C@H](C)N)[C@@H](C)O)C(=O)N[C@@H](CC(=O)O)C(=O)O. The first kappa shape index (κ1) is 33.2. The van der Waals surface area contributed by atoms with Crippen LogP contribution in [-0.2, 0) is 33.6 Å². The van der Waals surface area contributed by atoms with E-state index in [4.69, 9.17) is 15.9 Å². The molecule has 0 bridgehead atoms. The molecule has 5 atom stereocenters. The Balaban J connectivity index is 5.21. The van der Waals surface area contributed by atoms with Crippen LogP contribution in [0, 0.1) is 5.92 Å². The van der Waals surface area contributed by atoms with Crippen molar-refractivity contribution in [1.82, 2.24) is 26.6 Å². The molecule has 0 spiro atoms. The van der Waals surface area contributed by atoms with Gasteiger partial charge < -0.3 is 47.6 Å². The van der Waals surface area contributed by atoms with Crippen molar-refractivity contribution in [3.8, 4) is 0 Å². The Morgan fingerprint density at radius 1 is 0.730 bits per heavy atom. The Morgan fingerprint density at radius 3 is 1.73 bits per heavy atom. The minimum absolute atomic E-state index is 0.0284. The van der Waals surface area contributed by atoms with E-state index in [0.29, 0.717) is 0 Å². The van der Waals surface area contributed by atoms with Gasteiger partial charge in [-0.25, -0.2) is 4.79 Å². The first-order valence-corrected chi connectivity index (χ1v) is 11.4. The number of nitrogens with two attached hydrogens (primary N) is 1. The minimum Gasteiger partial charge on any atom is -0.481 e. The summed E-state index contributed by atoms with van der Waals surface area (Å²) < 4.78 is 0. The van der Waals surface area contributed by atoms with Crippen molar-refractivity contribution in [2.45, 2.75) is 70.8 Å². The van der Waals surface area contributed by atoms with E-state index in [0.717, 1.165) is 0 Å². The molecule has 0 unspecified atom stereocenters. The Labute approximate surface area is 213 Å². The van der Waals surface area contributed by atoms with Gasteiger partial charge in [-0.15, -0.1) is 0 Å². The predicted octanol–water partition coefficient (Wildman–Crippen LogP) is -3.99. The van der Waals surface area contributed by atoms with E-state index in [1.165, 1.54) is 13.8 Å². The normalized spacial score (nSPS) is 14.8. The molecule has 5 amide bonds. The van der Waals surface area contributed by atoms with E-state index in [2.05, 4.69) is 26.6 Å². The molecule has 0 fully saturated rings. The highest BCUT2D eigenvalue weighted by atomic mass is 16.4. The summed E-state index contributed by atoms with van der Waals surface area (Å²) in [5, 5.41) is 39.0. The quantitative estimate of drug-likeness (QED) is 0.0924. The number of carboxylic acids is 2. The molecule has 16 heteroatoms. The Hall–Kier alpha value is -3.79. The average molecular weight is 533 g/mol. The summed E-state index contributed by atoms with van der Waals surface area (Å²) >= 11 is 0. The van der Waals surface area contributed by atoms with Crippen LogP contribution in [-0.4, -0.2) is 100 Å². The lowest BCUT2D eigenvalue weighted by molar-refractivity contribution is -0.147. The highest BCUT2D eigenvalue weighted by Gasteiger charge is 2.32. The molecule has 0 saturated carbocycles. The van der Waals surface area contributed by atoms with Gasteiger partial charge in [-0.2, -0.15) is 0 Å². The van der Waals surface area contributed by atoms with Crippen LogP contribution < -0.4 is 32.3 Å². The van der Waals surface area contributed by atoms with Gasteiger partial charge in [0, 0.05) is 0 Å². The van der Waals surface area contributed by atoms with Gasteiger partial charge in [0.15, 0.2) is 0 Å². The second kappa shape index (κ2) is 16.1. The third kappa shape index (κ3) is 13.8. The molecule has 0 aromatic heterocycles. The van der Waals surface area contributed by atoms with Gasteiger partial charge in [-0.05, 0) is 26.2 Å². The Morgan fingerprint density at radius 2 is 1.27 bits per heavy atom. The number of aliphatic hydroxyl groups excluding tert-OH is 1. The molecule has 16 nitrogen and oxygen atoms in total. The first-order valence-electron chi connectivity index (χ1n) is 11.4. The first-order chi connectivity index (χ1) is 17.0. The third-order valence-corrected chi connectivity index (χ3v) is 4.70. The van der Waals surface area contributed by atoms with E-state index in [-0.39, 0.29) is 12.3 Å². The zero-order valence-electron chi connectivity index (χ0n) is 21.1. The summed E-state index contributed by atoms with van der Waals surface area (Å²) in [7, 11) is 0. The number of hydrogen-bond donors (Lipinski definition) is 9. The fourth-order valence-corrected chi connectivity index (χ4v) is 2.81. The largest absolute Gasteiger partial charge is 0.481 e. The number of nitrogens with one attached hydrogen (secondary N) is 5. The molecule has 0 aliphatic heterocycles. The zero-order chi connectivity index (χ0) is 28.9. The van der Waals surface area contributed by atoms with E-state index < -0.39 is 91.3 Å². The van der Waals surface area contributed by atoms with E-state index in [9.17, 15) is 38.7 Å². The number of carboxylic acid groups (broad SMARTS) is 2. The maximum atomic E-state index is 12.8. The minimum atomic E-state index is -1.75. The smallest absolute Gasteiger partial charge is 0.326 e. The maximum absolute atomic E-state index is 12.8. The van der Waals surface area contributed by atoms with Gasteiger partial charge in [0.2, 0.25) is 29.5 Å². The molecule has 0 saturated heterocycles. The summed E-state index contributed by atoms with van der Waals surface area (Å²) in [6.45, 7) is 4.99. The molecular weight excluding hydrogens is 496 g/mol. The standard InChI is InChI=1S/C21H36N6O10/c1-9(2)5-12(19(34)26-13(21(36)37)6-16(31)32)25-20(35)17(11(4)28)27-15(30)8-23-14(29)7-24-18(33)10(3)22/h9-13,17,28H,5-8,22H2,1-4H3,(H,23,29)(H,24,33)(H,25,35)(H,26,34)(H,27,30)(H,31,32)(H,36,37)/t10-,11+,12-,13-,17-/m0/s1. The Kier molecular flexibility index (Phi) is 14.4. The number of aliphatic carboxylic acids is 2. The van der Waals surface area contributed by atoms with Crippen molar-refractivity contribution in [2.75, 3.05) is 13.1 Å². The molecule has 10 N–H and O–H groups in total. The van der Waals surface area contributed by atoms with Gasteiger partial charge >= 0.3 is 11.9 Å². The second-order valence-corrected chi connectivity index (χ2v) is 8.76. The lowest BCUT2D eigenvalue weighted by atomic mass is 10.0. The van der Waals surface area contributed by atoms with Crippen LogP contribution in [0.2, 0.25) is 0 Å². The van der Waals surface area contributed by atoms with Crippen molar-refractivity contribution in [3.63, 3.8) is 0 Å². The monoisotopic (exact) mass is 532 g/mol. The fraction of sp³-hybridized carbons (Fsp3) is 0.667. The van der Waals surface area contributed by atoms with Gasteiger partial charge in [0.25, 0.3) is 0 Å². The highest BCUT2D eigenvalue weighted by Crippen LogP contribution is 2.07. The lowest BCUT2D eigenvalue weighted by Gasteiger charge is -2.26. The number of carbonyl (C=O) groups excluding carboxylic acids is 5. The van der Waals surface area contributed by atoms with Crippen molar-refractivity contribution in [1.29, 1.82) is 0 Å². The lowest BCUT2D eigenvalue weighted by Crippen LogP contribution is -2.59. The number of rotatable bonds is 16. The van der Waals surface area contributed by atoms with Gasteiger partial charge in [-0.1, -0.05) is 13.8 Å². The van der Waals surface area contributed by atoms with Crippen LogP contribution in [0.15, 0.2) is 0 Å². The summed E-state index contributed by atoms with van der Waals surface area (Å²) in [6, 6.07) is -5.45. The predicted molar refractivity (Wildman–Crippen MR) is 126 cm³/mol. The highest BCUT2D eigenvalue weighted by molar-refractivity contribution is 5.95. The van der Waals surface area contributed by atoms with Crippen LogP contribution in [0.3, 0.4) is 0 Å². The van der Waals surface area contributed by atoms with Crippen LogP contribution in [0.1, 0.15) is 40.5 Å². The van der Waals surface area contributed by atoms with E-state index in [1.807, 2.05) is 0 Å². The van der Waals surface area contributed by atoms with Crippen LogP contribution in [0.4, 0.5) is 0 Å². The van der Waals surface area contributed by atoms with Crippen molar-refractivity contribution < 1.29 is 48.9 Å². The maximum Gasteiger partial charge on any atom is 0.326 e. The van der Waals surface area contributed by atoms with Crippen LogP contribution in [0.25, 0.3) is 0 Å². The average Bonchev–Trinajstić information content (AvgIpc) is 2.77. The molecule has 0 aliphatic carbocycles. The Bertz CT molecular complexity index is 861. The van der Waals surface area contributed by atoms with Gasteiger partial charge in [0.05, 0.1) is 31.7 Å². The fourth-order valence-electron chi connectivity index (χ4n) is 2.81. The van der Waals surface area contributed by atoms with Crippen LogP contribution in [0.5, 0.6) is 0 Å². The number of amides is 5. The second-order valence-electron chi connectivity index (χ2n) is 8.76. The molecule has 37 heavy (non-hydrogen) atoms. The molecule has 0 aromatic carbocycles. The number of aliphatic hydroxyl groups is 1. The number of hydrogen-bond acceptors (Lipinski definition) is 9. The number of carbonyl (C=O) groups is 7. The van der Waals surface area contributed by atoms with Crippen LogP contribution >= 0.6 is 0 Å². The summed E-state index contributed by atoms with van der Waals surface area (Å²) in [4.78, 5) is 82.9. The summed E-state index contributed by atoms with van der Waals surface area (Å²) in [6.07, 6.45) is -2.30. The summed E-state index contributed by atoms with van der Waals surface area (Å²) in [5.74, 6) is -7.33. The molecule has 0 aromatic rings. The van der Waals surface area contributed by atoms with Gasteiger partial charge in [0.1, 0.15) is 18.1 Å². The molecule has 0 radical (unpaired) electrons. The third-order valence-electron chi connectivity index (χ3n) is 4.70. The molecule has 0 rings (SSSR count). The van der Waals surface area contributed by atoms with Crippen molar-refractivity contribution in [2.24, 2.45) is 11.7 Å². The molecular formula is C21H36N6O10.